The molecular formula is C20H24N2O3S. The van der Waals surface area contributed by atoms with E-state index in [-0.39, 0.29) is 5.91 Å². The van der Waals surface area contributed by atoms with Crippen LogP contribution in [0.2, 0.25) is 0 Å². The maximum Gasteiger partial charge on any atom is 0.244 e. The summed E-state index contributed by atoms with van der Waals surface area (Å²) in [5.74, 6) is -0.178. The van der Waals surface area contributed by atoms with Gasteiger partial charge in [0.1, 0.15) is 0 Å². The van der Waals surface area contributed by atoms with Crippen molar-refractivity contribution in [2.75, 3.05) is 11.0 Å². The Bertz CT molecular complexity index is 907. The summed E-state index contributed by atoms with van der Waals surface area (Å²) in [6.07, 6.45) is 4.26. The average Bonchev–Trinajstić information content (AvgIpc) is 2.51. The van der Waals surface area contributed by atoms with Gasteiger partial charge in [0.05, 0.1) is 6.26 Å². The molecule has 2 aromatic rings. The Morgan fingerprint density at radius 1 is 1.04 bits per heavy atom. The summed E-state index contributed by atoms with van der Waals surface area (Å²) in [6.45, 7) is 6.63. The standard InChI is InChI=1S/C20H24N2O3S/c1-14-11-15(2)19(16(3)12-14)13-21-20(23)10-7-17-5-8-18(9-6-17)22-26(4,24)25/h5-12,22H,13H2,1-4H3,(H,21,23)/b10-7+. The van der Waals surface area contributed by atoms with Crippen LogP contribution in [0.25, 0.3) is 6.08 Å². The SMILES string of the molecule is Cc1cc(C)c(CNC(=O)/C=C/c2ccc(NS(C)(=O)=O)cc2)c(C)c1. The van der Waals surface area contributed by atoms with Crippen molar-refractivity contribution in [3.8, 4) is 0 Å². The fourth-order valence-corrected chi connectivity index (χ4v) is 3.34. The Hall–Kier alpha value is -2.60. The number of carbonyl (C=O) groups is 1. The van der Waals surface area contributed by atoms with E-state index in [1.54, 1.807) is 30.3 Å². The molecule has 0 bridgehead atoms. The van der Waals surface area contributed by atoms with Crippen molar-refractivity contribution in [2.45, 2.75) is 27.3 Å². The van der Waals surface area contributed by atoms with E-state index in [2.05, 4.69) is 29.1 Å². The van der Waals surface area contributed by atoms with Crippen LogP contribution in [0.3, 0.4) is 0 Å². The summed E-state index contributed by atoms with van der Waals surface area (Å²) in [7, 11) is -3.29. The van der Waals surface area contributed by atoms with Crippen LogP contribution in [0.15, 0.2) is 42.5 Å². The molecule has 5 nitrogen and oxygen atoms in total. The van der Waals surface area contributed by atoms with Gasteiger partial charge in [-0.1, -0.05) is 29.8 Å². The van der Waals surface area contributed by atoms with Gasteiger partial charge in [0, 0.05) is 18.3 Å². The number of hydrogen-bond donors (Lipinski definition) is 2. The quantitative estimate of drug-likeness (QED) is 0.764. The zero-order chi connectivity index (χ0) is 19.3. The molecule has 0 fully saturated rings. The minimum absolute atomic E-state index is 0.178. The van der Waals surface area contributed by atoms with Gasteiger partial charge < -0.3 is 5.32 Å². The largest absolute Gasteiger partial charge is 0.348 e. The highest BCUT2D eigenvalue weighted by molar-refractivity contribution is 7.92. The maximum absolute atomic E-state index is 12.0. The molecule has 1 amide bonds. The Morgan fingerprint density at radius 2 is 1.62 bits per heavy atom. The molecule has 0 aliphatic carbocycles. The second-order valence-corrected chi connectivity index (χ2v) is 8.17. The van der Waals surface area contributed by atoms with E-state index in [1.165, 1.54) is 22.8 Å². The van der Waals surface area contributed by atoms with Crippen LogP contribution in [0.4, 0.5) is 5.69 Å². The highest BCUT2D eigenvalue weighted by Gasteiger charge is 2.05. The van der Waals surface area contributed by atoms with Crippen LogP contribution in [-0.2, 0) is 21.4 Å². The fourth-order valence-electron chi connectivity index (χ4n) is 2.77. The average molecular weight is 372 g/mol. The predicted molar refractivity (Wildman–Crippen MR) is 106 cm³/mol. The number of sulfonamides is 1. The zero-order valence-corrected chi connectivity index (χ0v) is 16.3. The Kier molecular flexibility index (Phi) is 6.21. The van der Waals surface area contributed by atoms with Gasteiger partial charge in [0.25, 0.3) is 0 Å². The second-order valence-electron chi connectivity index (χ2n) is 6.42. The monoisotopic (exact) mass is 372 g/mol. The normalized spacial score (nSPS) is 11.5. The van der Waals surface area contributed by atoms with Crippen LogP contribution < -0.4 is 10.0 Å². The minimum Gasteiger partial charge on any atom is -0.348 e. The van der Waals surface area contributed by atoms with Crippen molar-refractivity contribution < 1.29 is 13.2 Å². The third-order valence-corrected chi connectivity index (χ3v) is 4.53. The van der Waals surface area contributed by atoms with E-state index in [1.807, 2.05) is 13.8 Å². The van der Waals surface area contributed by atoms with Gasteiger partial charge in [-0.2, -0.15) is 0 Å². The number of hydrogen-bond acceptors (Lipinski definition) is 3. The molecule has 138 valence electrons. The van der Waals surface area contributed by atoms with Crippen LogP contribution >= 0.6 is 0 Å². The van der Waals surface area contributed by atoms with E-state index in [0.717, 1.165) is 17.4 Å². The Labute approximate surface area is 155 Å². The molecule has 0 aliphatic heterocycles. The van der Waals surface area contributed by atoms with E-state index < -0.39 is 10.0 Å². The lowest BCUT2D eigenvalue weighted by Crippen LogP contribution is -2.21. The highest BCUT2D eigenvalue weighted by Crippen LogP contribution is 2.16. The summed E-state index contributed by atoms with van der Waals surface area (Å²) in [6, 6.07) is 11.0. The van der Waals surface area contributed by atoms with Gasteiger partial charge in [-0.15, -0.1) is 0 Å². The highest BCUT2D eigenvalue weighted by atomic mass is 32.2. The van der Waals surface area contributed by atoms with E-state index >= 15 is 0 Å². The van der Waals surface area contributed by atoms with Gasteiger partial charge in [-0.3, -0.25) is 9.52 Å². The van der Waals surface area contributed by atoms with E-state index in [0.29, 0.717) is 12.2 Å². The van der Waals surface area contributed by atoms with Gasteiger partial charge in [0.2, 0.25) is 15.9 Å². The molecule has 0 unspecified atom stereocenters. The molecule has 0 aromatic heterocycles. The number of carbonyl (C=O) groups excluding carboxylic acids is 1. The second kappa shape index (κ2) is 8.19. The first kappa shape index (κ1) is 19.7. The summed E-state index contributed by atoms with van der Waals surface area (Å²) in [5, 5.41) is 2.90. The fraction of sp³-hybridized carbons (Fsp3) is 0.250. The van der Waals surface area contributed by atoms with Crippen LogP contribution in [0.1, 0.15) is 27.8 Å². The lowest BCUT2D eigenvalue weighted by molar-refractivity contribution is -0.116. The summed E-state index contributed by atoms with van der Waals surface area (Å²) in [4.78, 5) is 12.0. The van der Waals surface area contributed by atoms with E-state index in [9.17, 15) is 13.2 Å². The summed E-state index contributed by atoms with van der Waals surface area (Å²) < 4.78 is 24.8. The van der Waals surface area contributed by atoms with Crippen LogP contribution in [0, 0.1) is 20.8 Å². The van der Waals surface area contributed by atoms with Crippen LogP contribution in [0.5, 0.6) is 0 Å². The number of rotatable bonds is 6. The van der Waals surface area contributed by atoms with Gasteiger partial charge in [-0.25, -0.2) is 8.42 Å². The van der Waals surface area contributed by atoms with Crippen molar-refractivity contribution in [2.24, 2.45) is 0 Å². The molecule has 0 radical (unpaired) electrons. The molecule has 26 heavy (non-hydrogen) atoms. The molecule has 0 saturated heterocycles. The molecule has 6 heteroatoms. The number of aryl methyl sites for hydroxylation is 3. The Balaban J connectivity index is 1.95. The smallest absolute Gasteiger partial charge is 0.244 e. The minimum atomic E-state index is -3.29. The van der Waals surface area contributed by atoms with Crippen molar-refractivity contribution >= 4 is 27.7 Å². The molecule has 0 aliphatic rings. The topological polar surface area (TPSA) is 75.3 Å². The van der Waals surface area contributed by atoms with Gasteiger partial charge in [0.15, 0.2) is 0 Å². The molecule has 0 spiro atoms. The number of amides is 1. The third kappa shape index (κ3) is 6.04. The lowest BCUT2D eigenvalue weighted by atomic mass is 10.00. The van der Waals surface area contributed by atoms with Crippen molar-refractivity contribution in [3.05, 3.63) is 70.3 Å². The predicted octanol–water partition coefficient (Wildman–Crippen LogP) is 3.31. The molecule has 2 N–H and O–H groups in total. The first-order valence-corrected chi connectivity index (χ1v) is 10.1. The van der Waals surface area contributed by atoms with Crippen molar-refractivity contribution in [1.82, 2.24) is 5.32 Å². The third-order valence-electron chi connectivity index (χ3n) is 3.92. The summed E-state index contributed by atoms with van der Waals surface area (Å²) in [5.41, 5.74) is 5.97. The summed E-state index contributed by atoms with van der Waals surface area (Å²) >= 11 is 0. The van der Waals surface area contributed by atoms with Crippen molar-refractivity contribution in [3.63, 3.8) is 0 Å². The first-order valence-electron chi connectivity index (χ1n) is 8.24. The first-order chi connectivity index (χ1) is 12.1. The molecule has 0 atom stereocenters. The Morgan fingerprint density at radius 3 is 2.15 bits per heavy atom. The number of nitrogens with one attached hydrogen (secondary N) is 2. The molecule has 0 heterocycles. The maximum atomic E-state index is 12.0. The number of anilines is 1. The van der Waals surface area contributed by atoms with Crippen molar-refractivity contribution in [1.29, 1.82) is 0 Å². The molecule has 0 saturated carbocycles. The van der Waals surface area contributed by atoms with Gasteiger partial charge in [-0.05, 0) is 61.2 Å². The molecule has 2 aromatic carbocycles. The van der Waals surface area contributed by atoms with E-state index in [4.69, 9.17) is 0 Å². The number of benzene rings is 2. The zero-order valence-electron chi connectivity index (χ0n) is 15.5. The lowest BCUT2D eigenvalue weighted by Gasteiger charge is -2.11. The molecule has 2 rings (SSSR count). The van der Waals surface area contributed by atoms with Gasteiger partial charge >= 0.3 is 0 Å². The van der Waals surface area contributed by atoms with Crippen LogP contribution in [-0.4, -0.2) is 20.6 Å². The molecular weight excluding hydrogens is 348 g/mol.